The van der Waals surface area contributed by atoms with Gasteiger partial charge in [0, 0.05) is 23.8 Å². The first kappa shape index (κ1) is 12.9. The number of aliphatic hydroxyl groups is 2. The lowest BCUT2D eigenvalue weighted by Gasteiger charge is -2.31. The molecule has 1 aliphatic heterocycles. The Morgan fingerprint density at radius 1 is 1.47 bits per heavy atom. The third kappa shape index (κ3) is 1.70. The maximum Gasteiger partial charge on any atom is 0.334 e. The first-order valence-corrected chi connectivity index (χ1v) is 6.82. The Balaban J connectivity index is 2.09. The van der Waals surface area contributed by atoms with Gasteiger partial charge in [-0.3, -0.25) is 0 Å². The van der Waals surface area contributed by atoms with Gasteiger partial charge in [-0.05, 0) is 32.3 Å². The number of carbonyl (C=O) groups is 1. The topological polar surface area (TPSA) is 66.8 Å². The zero-order chi connectivity index (χ0) is 13.9. The zero-order valence-electron chi connectivity index (χ0n) is 11.3. The largest absolute Gasteiger partial charge is 0.458 e. The second kappa shape index (κ2) is 3.93. The Morgan fingerprint density at radius 2 is 2.16 bits per heavy atom. The monoisotopic (exact) mass is 264 g/mol. The maximum atomic E-state index is 11.7. The van der Waals surface area contributed by atoms with Crippen molar-refractivity contribution in [2.45, 2.75) is 50.9 Å². The van der Waals surface area contributed by atoms with Gasteiger partial charge in [0.1, 0.15) is 6.10 Å². The highest BCUT2D eigenvalue weighted by molar-refractivity contribution is 5.91. The van der Waals surface area contributed by atoms with E-state index >= 15 is 0 Å². The van der Waals surface area contributed by atoms with Crippen LogP contribution in [0, 0.1) is 11.8 Å². The van der Waals surface area contributed by atoms with Gasteiger partial charge in [-0.1, -0.05) is 12.2 Å². The van der Waals surface area contributed by atoms with Crippen LogP contribution in [0.2, 0.25) is 0 Å². The molecule has 0 radical (unpaired) electrons. The van der Waals surface area contributed by atoms with Gasteiger partial charge in [-0.2, -0.15) is 0 Å². The fourth-order valence-corrected chi connectivity index (χ4v) is 4.04. The quantitative estimate of drug-likeness (QED) is 0.393. The minimum Gasteiger partial charge on any atom is -0.458 e. The molecule has 0 bridgehead atoms. The molecule has 4 heteroatoms. The Hall–Kier alpha value is -1.13. The summed E-state index contributed by atoms with van der Waals surface area (Å²) < 4.78 is 5.46. The summed E-state index contributed by atoms with van der Waals surface area (Å²) in [5.74, 6) is -0.703. The summed E-state index contributed by atoms with van der Waals surface area (Å²) in [6.07, 6.45) is 0.906. The molecule has 1 heterocycles. The molecule has 0 spiro atoms. The molecule has 1 saturated carbocycles. The molecule has 1 saturated heterocycles. The number of rotatable bonds is 0. The molecule has 0 unspecified atom stereocenters. The summed E-state index contributed by atoms with van der Waals surface area (Å²) in [7, 11) is 0. The predicted octanol–water partition coefficient (Wildman–Crippen LogP) is 1.33. The lowest BCUT2D eigenvalue weighted by molar-refractivity contribution is -0.144. The number of esters is 1. The Labute approximate surface area is 112 Å². The van der Waals surface area contributed by atoms with Crippen molar-refractivity contribution in [3.05, 3.63) is 23.3 Å². The summed E-state index contributed by atoms with van der Waals surface area (Å²) in [6.45, 7) is 7.55. The van der Waals surface area contributed by atoms with Crippen molar-refractivity contribution >= 4 is 5.97 Å². The first-order valence-electron chi connectivity index (χ1n) is 6.82. The Bertz CT molecular complexity index is 488. The van der Waals surface area contributed by atoms with Crippen molar-refractivity contribution in [2.75, 3.05) is 0 Å². The van der Waals surface area contributed by atoms with E-state index in [-0.39, 0.29) is 23.9 Å². The highest BCUT2D eigenvalue weighted by Gasteiger charge is 2.57. The molecule has 0 aromatic carbocycles. The number of aliphatic hydroxyl groups excluding tert-OH is 1. The molecule has 5 atom stereocenters. The van der Waals surface area contributed by atoms with E-state index in [1.165, 1.54) is 0 Å². The molecule has 0 amide bonds. The molecule has 0 aromatic rings. The van der Waals surface area contributed by atoms with Crippen molar-refractivity contribution in [2.24, 2.45) is 11.8 Å². The van der Waals surface area contributed by atoms with E-state index in [0.29, 0.717) is 12.0 Å². The number of hydrogen-bond donors (Lipinski definition) is 2. The van der Waals surface area contributed by atoms with Gasteiger partial charge >= 0.3 is 5.97 Å². The number of carbonyl (C=O) groups excluding carboxylic acids is 1. The van der Waals surface area contributed by atoms with Crippen molar-refractivity contribution in [1.82, 2.24) is 0 Å². The van der Waals surface area contributed by atoms with Crippen LogP contribution in [0.3, 0.4) is 0 Å². The molecule has 2 aliphatic carbocycles. The van der Waals surface area contributed by atoms with Crippen LogP contribution < -0.4 is 0 Å². The minimum absolute atomic E-state index is 0.0401. The van der Waals surface area contributed by atoms with Crippen molar-refractivity contribution in [3.8, 4) is 0 Å². The summed E-state index contributed by atoms with van der Waals surface area (Å²) >= 11 is 0. The number of allylic oxidation sites excluding steroid dienone is 1. The zero-order valence-corrected chi connectivity index (χ0v) is 11.3. The number of fused-ring (bicyclic) bond motifs is 3. The Morgan fingerprint density at radius 3 is 2.84 bits per heavy atom. The van der Waals surface area contributed by atoms with Crippen LogP contribution >= 0.6 is 0 Å². The van der Waals surface area contributed by atoms with Crippen LogP contribution in [0.5, 0.6) is 0 Å². The van der Waals surface area contributed by atoms with Crippen molar-refractivity contribution in [3.63, 3.8) is 0 Å². The van der Waals surface area contributed by atoms with E-state index in [9.17, 15) is 15.0 Å². The predicted molar refractivity (Wildman–Crippen MR) is 69.2 cm³/mol. The Kier molecular flexibility index (Phi) is 2.67. The maximum absolute atomic E-state index is 11.7. The van der Waals surface area contributed by atoms with Crippen LogP contribution in [0.25, 0.3) is 0 Å². The second-order valence-corrected chi connectivity index (χ2v) is 6.33. The second-order valence-electron chi connectivity index (χ2n) is 6.33. The normalized spacial score (nSPS) is 45.9. The molecule has 4 nitrogen and oxygen atoms in total. The van der Waals surface area contributed by atoms with Gasteiger partial charge in [0.05, 0.1) is 11.7 Å². The third-order valence-electron chi connectivity index (χ3n) is 4.97. The molecule has 104 valence electrons. The van der Waals surface area contributed by atoms with Crippen LogP contribution in [-0.4, -0.2) is 34.0 Å². The van der Waals surface area contributed by atoms with Gasteiger partial charge in [0.25, 0.3) is 0 Å². The van der Waals surface area contributed by atoms with Gasteiger partial charge in [-0.15, -0.1) is 0 Å². The van der Waals surface area contributed by atoms with Gasteiger partial charge in [0.2, 0.25) is 0 Å². The van der Waals surface area contributed by atoms with Crippen LogP contribution in [-0.2, 0) is 9.53 Å². The first-order chi connectivity index (χ1) is 8.83. The standard InChI is InChI=1S/C15H20O4/c1-7-4-5-9-8(2)14(17)19-13(9)12-11(7)10(16)6-15(12,3)18/h9-10,12-13,16,18H,2,4-6H2,1,3H3/t9-,10+,12-,13-,15+/m0/s1. The van der Waals surface area contributed by atoms with E-state index in [2.05, 4.69) is 6.58 Å². The minimum atomic E-state index is -1.03. The van der Waals surface area contributed by atoms with Crippen LogP contribution in [0.4, 0.5) is 0 Å². The van der Waals surface area contributed by atoms with Gasteiger partial charge in [0.15, 0.2) is 0 Å². The highest BCUT2D eigenvalue weighted by Crippen LogP contribution is 2.52. The molecule has 19 heavy (non-hydrogen) atoms. The lowest BCUT2D eigenvalue weighted by Crippen LogP contribution is -2.40. The molecular formula is C15H20O4. The fraction of sp³-hybridized carbons (Fsp3) is 0.667. The van der Waals surface area contributed by atoms with E-state index in [0.717, 1.165) is 24.0 Å². The van der Waals surface area contributed by atoms with Crippen LogP contribution in [0.1, 0.15) is 33.1 Å². The van der Waals surface area contributed by atoms with E-state index < -0.39 is 11.7 Å². The lowest BCUT2D eigenvalue weighted by atomic mass is 9.79. The van der Waals surface area contributed by atoms with E-state index in [1.54, 1.807) is 6.92 Å². The molecule has 3 rings (SSSR count). The molecular weight excluding hydrogens is 244 g/mol. The molecule has 2 fully saturated rings. The average Bonchev–Trinajstić information content (AvgIpc) is 2.63. The molecule has 3 aliphatic rings. The van der Waals surface area contributed by atoms with Crippen molar-refractivity contribution in [1.29, 1.82) is 0 Å². The average molecular weight is 264 g/mol. The van der Waals surface area contributed by atoms with E-state index in [1.807, 2.05) is 6.92 Å². The SMILES string of the molecule is C=C1C(=O)O[C@H]2[C@H]1CCC(C)=C1[C@H](O)C[C@@](C)(O)[C@@H]12. The number of ether oxygens (including phenoxy) is 1. The smallest absolute Gasteiger partial charge is 0.334 e. The third-order valence-corrected chi connectivity index (χ3v) is 4.97. The van der Waals surface area contributed by atoms with Crippen molar-refractivity contribution < 1.29 is 19.7 Å². The fourth-order valence-electron chi connectivity index (χ4n) is 4.04. The summed E-state index contributed by atoms with van der Waals surface area (Å²) in [5.41, 5.74) is 1.47. The van der Waals surface area contributed by atoms with Crippen LogP contribution in [0.15, 0.2) is 23.3 Å². The summed E-state index contributed by atoms with van der Waals surface area (Å²) in [5, 5.41) is 20.8. The molecule has 2 N–H and O–H groups in total. The summed E-state index contributed by atoms with van der Waals surface area (Å²) in [4.78, 5) is 11.7. The highest BCUT2D eigenvalue weighted by atomic mass is 16.6. The number of hydrogen-bond acceptors (Lipinski definition) is 4. The molecule has 0 aromatic heterocycles. The van der Waals surface area contributed by atoms with Gasteiger partial charge in [-0.25, -0.2) is 4.79 Å². The van der Waals surface area contributed by atoms with Gasteiger partial charge < -0.3 is 14.9 Å². The van der Waals surface area contributed by atoms with E-state index in [4.69, 9.17) is 4.74 Å². The summed E-state index contributed by atoms with van der Waals surface area (Å²) in [6, 6.07) is 0.